The van der Waals surface area contributed by atoms with Crippen molar-refractivity contribution in [3.05, 3.63) is 0 Å². The molecule has 3 saturated heterocycles. The summed E-state index contributed by atoms with van der Waals surface area (Å²) in [7, 11) is 0. The van der Waals surface area contributed by atoms with Crippen LogP contribution in [0, 0.1) is 0 Å². The molecule has 3 aliphatic rings. The summed E-state index contributed by atoms with van der Waals surface area (Å²) < 4.78 is 6.26. The minimum absolute atomic E-state index is 0.0874. The lowest BCUT2D eigenvalue weighted by molar-refractivity contribution is -0.200. The van der Waals surface area contributed by atoms with Crippen molar-refractivity contribution in [2.75, 3.05) is 32.7 Å². The van der Waals surface area contributed by atoms with Gasteiger partial charge in [0.25, 0.3) is 0 Å². The van der Waals surface area contributed by atoms with E-state index in [0.717, 1.165) is 19.6 Å². The van der Waals surface area contributed by atoms with E-state index in [1.807, 2.05) is 0 Å². The molecular weight excluding hydrogens is 250 g/mol. The SMILES string of the molecule is CC1(C)CN(C2(CN)CCN3CCCC32)CC(C)(C)O1. The first-order valence-corrected chi connectivity index (χ1v) is 8.17. The Morgan fingerprint density at radius 1 is 1.10 bits per heavy atom. The largest absolute Gasteiger partial charge is 0.367 e. The van der Waals surface area contributed by atoms with Crippen LogP contribution in [0.5, 0.6) is 0 Å². The molecule has 0 aromatic carbocycles. The molecule has 3 fully saturated rings. The van der Waals surface area contributed by atoms with E-state index in [1.54, 1.807) is 0 Å². The third kappa shape index (κ3) is 2.31. The summed E-state index contributed by atoms with van der Waals surface area (Å²) in [4.78, 5) is 5.34. The number of nitrogens with two attached hydrogens (primary N) is 1. The summed E-state index contributed by atoms with van der Waals surface area (Å²) in [5.74, 6) is 0. The van der Waals surface area contributed by atoms with Crippen molar-refractivity contribution >= 4 is 0 Å². The lowest BCUT2D eigenvalue weighted by atomic mass is 9.83. The topological polar surface area (TPSA) is 41.7 Å². The first-order valence-electron chi connectivity index (χ1n) is 8.17. The monoisotopic (exact) mass is 281 g/mol. The standard InChI is InChI=1S/C16H31N3O/c1-14(2)11-19(12-15(3,4)20-14)16(10-17)7-9-18-8-5-6-13(16)18/h13H,5-12,17H2,1-4H3. The van der Waals surface area contributed by atoms with Crippen molar-refractivity contribution in [2.24, 2.45) is 5.73 Å². The van der Waals surface area contributed by atoms with Gasteiger partial charge in [0.2, 0.25) is 0 Å². The van der Waals surface area contributed by atoms with Crippen LogP contribution in [-0.2, 0) is 4.74 Å². The van der Waals surface area contributed by atoms with Crippen LogP contribution in [0.4, 0.5) is 0 Å². The summed E-state index contributed by atoms with van der Waals surface area (Å²) in [5, 5.41) is 0. The third-order valence-corrected chi connectivity index (χ3v) is 5.49. The molecule has 2 unspecified atom stereocenters. The van der Waals surface area contributed by atoms with Gasteiger partial charge in [0.1, 0.15) is 0 Å². The van der Waals surface area contributed by atoms with Crippen LogP contribution >= 0.6 is 0 Å². The van der Waals surface area contributed by atoms with E-state index in [1.165, 1.54) is 32.4 Å². The number of fused-ring (bicyclic) bond motifs is 1. The average molecular weight is 281 g/mol. The fourth-order valence-corrected chi connectivity index (χ4v) is 5.04. The number of nitrogens with zero attached hydrogens (tertiary/aromatic N) is 2. The van der Waals surface area contributed by atoms with E-state index < -0.39 is 0 Å². The van der Waals surface area contributed by atoms with E-state index >= 15 is 0 Å². The Morgan fingerprint density at radius 2 is 1.75 bits per heavy atom. The Balaban J connectivity index is 1.89. The van der Waals surface area contributed by atoms with Gasteiger partial charge in [0.15, 0.2) is 0 Å². The molecule has 3 aliphatic heterocycles. The Kier molecular flexibility index (Phi) is 3.45. The highest BCUT2D eigenvalue weighted by atomic mass is 16.5. The van der Waals surface area contributed by atoms with Crippen molar-refractivity contribution in [3.63, 3.8) is 0 Å². The fraction of sp³-hybridized carbons (Fsp3) is 1.00. The Morgan fingerprint density at radius 3 is 2.35 bits per heavy atom. The second-order valence-corrected chi connectivity index (χ2v) is 8.23. The molecule has 4 nitrogen and oxygen atoms in total. The second kappa shape index (κ2) is 4.67. The van der Waals surface area contributed by atoms with Gasteiger partial charge in [-0.2, -0.15) is 0 Å². The number of ether oxygens (including phenoxy) is 1. The molecule has 0 bridgehead atoms. The first kappa shape index (κ1) is 14.8. The molecule has 2 atom stereocenters. The van der Waals surface area contributed by atoms with Crippen LogP contribution in [0.15, 0.2) is 0 Å². The molecule has 0 spiro atoms. The van der Waals surface area contributed by atoms with E-state index in [4.69, 9.17) is 10.5 Å². The molecular formula is C16H31N3O. The number of morpholine rings is 1. The molecule has 3 rings (SSSR count). The highest BCUT2D eigenvalue weighted by Crippen LogP contribution is 2.43. The minimum atomic E-state index is -0.0874. The van der Waals surface area contributed by atoms with Crippen LogP contribution < -0.4 is 5.73 Å². The van der Waals surface area contributed by atoms with Crippen molar-refractivity contribution in [3.8, 4) is 0 Å². The molecule has 116 valence electrons. The number of rotatable bonds is 2. The number of hydrogen-bond donors (Lipinski definition) is 1. The van der Waals surface area contributed by atoms with Gasteiger partial charge in [-0.3, -0.25) is 9.80 Å². The average Bonchev–Trinajstić information content (AvgIpc) is 2.85. The Labute approximate surface area is 123 Å². The van der Waals surface area contributed by atoms with Crippen molar-refractivity contribution in [1.82, 2.24) is 9.80 Å². The second-order valence-electron chi connectivity index (χ2n) is 8.23. The van der Waals surface area contributed by atoms with Crippen molar-refractivity contribution in [2.45, 2.75) is 69.7 Å². The summed E-state index contributed by atoms with van der Waals surface area (Å²) in [6.07, 6.45) is 3.87. The van der Waals surface area contributed by atoms with Gasteiger partial charge in [-0.1, -0.05) is 0 Å². The van der Waals surface area contributed by atoms with E-state index in [-0.39, 0.29) is 16.7 Å². The maximum absolute atomic E-state index is 6.32. The molecule has 0 amide bonds. The van der Waals surface area contributed by atoms with Crippen LogP contribution in [0.1, 0.15) is 47.0 Å². The van der Waals surface area contributed by atoms with Gasteiger partial charge in [-0.15, -0.1) is 0 Å². The third-order valence-electron chi connectivity index (χ3n) is 5.49. The molecule has 0 radical (unpaired) electrons. The van der Waals surface area contributed by atoms with Gasteiger partial charge in [0, 0.05) is 32.2 Å². The normalized spacial score (nSPS) is 41.0. The quantitative estimate of drug-likeness (QED) is 0.832. The Hall–Kier alpha value is -0.160. The first-order chi connectivity index (χ1) is 9.28. The zero-order chi connectivity index (χ0) is 14.6. The van der Waals surface area contributed by atoms with Crippen LogP contribution in [0.25, 0.3) is 0 Å². The molecule has 0 aromatic heterocycles. The van der Waals surface area contributed by atoms with Crippen molar-refractivity contribution in [1.29, 1.82) is 0 Å². The van der Waals surface area contributed by atoms with E-state index in [9.17, 15) is 0 Å². The van der Waals surface area contributed by atoms with E-state index in [2.05, 4.69) is 37.5 Å². The molecule has 4 heteroatoms. The maximum atomic E-state index is 6.32. The molecule has 3 heterocycles. The van der Waals surface area contributed by atoms with Gasteiger partial charge >= 0.3 is 0 Å². The fourth-order valence-electron chi connectivity index (χ4n) is 5.04. The Bertz CT molecular complexity index is 366. The maximum Gasteiger partial charge on any atom is 0.0761 e. The lowest BCUT2D eigenvalue weighted by Crippen LogP contribution is -2.68. The van der Waals surface area contributed by atoms with Crippen molar-refractivity contribution < 1.29 is 4.74 Å². The summed E-state index contributed by atoms with van der Waals surface area (Å²) >= 11 is 0. The van der Waals surface area contributed by atoms with Crippen LogP contribution in [0.2, 0.25) is 0 Å². The summed E-state index contributed by atoms with van der Waals surface area (Å²) in [6.45, 7) is 14.1. The van der Waals surface area contributed by atoms with Gasteiger partial charge in [0.05, 0.1) is 16.7 Å². The van der Waals surface area contributed by atoms with Gasteiger partial charge in [-0.05, 0) is 53.5 Å². The minimum Gasteiger partial charge on any atom is -0.367 e. The summed E-state index contributed by atoms with van der Waals surface area (Å²) in [6, 6.07) is 0.664. The zero-order valence-electron chi connectivity index (χ0n) is 13.6. The number of hydrogen-bond acceptors (Lipinski definition) is 4. The molecule has 0 saturated carbocycles. The highest BCUT2D eigenvalue weighted by molar-refractivity contribution is 5.12. The highest BCUT2D eigenvalue weighted by Gasteiger charge is 2.55. The molecule has 2 N–H and O–H groups in total. The molecule has 0 aromatic rings. The lowest BCUT2D eigenvalue weighted by Gasteiger charge is -2.55. The summed E-state index contributed by atoms with van der Waals surface area (Å²) in [5.41, 5.74) is 6.32. The van der Waals surface area contributed by atoms with Crippen LogP contribution in [-0.4, -0.2) is 65.3 Å². The zero-order valence-corrected chi connectivity index (χ0v) is 13.6. The van der Waals surface area contributed by atoms with Crippen LogP contribution in [0.3, 0.4) is 0 Å². The predicted molar refractivity (Wildman–Crippen MR) is 81.8 cm³/mol. The smallest absolute Gasteiger partial charge is 0.0761 e. The van der Waals surface area contributed by atoms with E-state index in [0.29, 0.717) is 6.04 Å². The predicted octanol–water partition coefficient (Wildman–Crippen LogP) is 1.44. The molecule has 0 aliphatic carbocycles. The van der Waals surface area contributed by atoms with Gasteiger partial charge < -0.3 is 10.5 Å². The van der Waals surface area contributed by atoms with Gasteiger partial charge in [-0.25, -0.2) is 0 Å². The molecule has 20 heavy (non-hydrogen) atoms.